The number of hydrogen-bond acceptors (Lipinski definition) is 6. The molecule has 2 N–H and O–H groups in total. The molecule has 0 saturated carbocycles. The number of carboxylic acid groups (broad SMARTS) is 1. The number of ether oxygens (including phenoxy) is 2. The van der Waals surface area contributed by atoms with Crippen LogP contribution in [0.2, 0.25) is 0 Å². The van der Waals surface area contributed by atoms with Crippen LogP contribution in [0.3, 0.4) is 0 Å². The minimum atomic E-state index is -1.18. The van der Waals surface area contributed by atoms with E-state index in [0.29, 0.717) is 11.3 Å². The van der Waals surface area contributed by atoms with Gasteiger partial charge in [0.05, 0.1) is 6.61 Å². The second-order valence-corrected chi connectivity index (χ2v) is 6.89. The van der Waals surface area contributed by atoms with Crippen molar-refractivity contribution < 1.29 is 29.0 Å². The van der Waals surface area contributed by atoms with Gasteiger partial charge in [-0.15, -0.1) is 11.8 Å². The van der Waals surface area contributed by atoms with Crippen molar-refractivity contribution in [1.29, 1.82) is 0 Å². The van der Waals surface area contributed by atoms with Crippen LogP contribution in [0.25, 0.3) is 0 Å². The second-order valence-electron chi connectivity index (χ2n) is 5.78. The smallest absolute Gasteiger partial charge is 0.408 e. The third-order valence-electron chi connectivity index (χ3n) is 4.05. The van der Waals surface area contributed by atoms with E-state index in [1.54, 1.807) is 0 Å². The van der Waals surface area contributed by atoms with Gasteiger partial charge in [-0.25, -0.2) is 9.59 Å². The topological polar surface area (TPSA) is 105 Å². The number of thioether (sulfide) groups is 1. The van der Waals surface area contributed by atoms with Crippen molar-refractivity contribution in [2.75, 3.05) is 19.5 Å². The van der Waals surface area contributed by atoms with Gasteiger partial charge in [0.2, 0.25) is 0 Å². The fourth-order valence-electron chi connectivity index (χ4n) is 2.86. The van der Waals surface area contributed by atoms with Gasteiger partial charge >= 0.3 is 12.1 Å². The number of hydrogen-bond donors (Lipinski definition) is 2. The van der Waals surface area contributed by atoms with E-state index in [0.717, 1.165) is 5.56 Å². The van der Waals surface area contributed by atoms with Gasteiger partial charge < -0.3 is 19.9 Å². The Morgan fingerprint density at radius 3 is 2.69 bits per heavy atom. The molecular weight excluding hydrogens is 360 g/mol. The third kappa shape index (κ3) is 3.54. The number of amides is 2. The molecule has 2 amide bonds. The lowest BCUT2D eigenvalue weighted by molar-refractivity contribution is -0.149. The summed E-state index contributed by atoms with van der Waals surface area (Å²) in [4.78, 5) is 37.1. The maximum absolute atomic E-state index is 12.4. The number of nitrogens with one attached hydrogen (secondary N) is 1. The van der Waals surface area contributed by atoms with Crippen molar-refractivity contribution in [3.05, 3.63) is 47.2 Å². The Balaban J connectivity index is 1.61. The average molecular weight is 378 g/mol. The summed E-state index contributed by atoms with van der Waals surface area (Å²) >= 11 is 1.38. The Morgan fingerprint density at radius 2 is 2.04 bits per heavy atom. The maximum Gasteiger partial charge on any atom is 0.408 e. The minimum Gasteiger partial charge on any atom is -0.477 e. The number of benzene rings is 1. The Kier molecular flexibility index (Phi) is 5.48. The molecule has 1 aromatic rings. The minimum absolute atomic E-state index is 0.0590. The first-order valence-electron chi connectivity index (χ1n) is 7.89. The lowest BCUT2D eigenvalue weighted by atomic mass is 10.0. The van der Waals surface area contributed by atoms with Crippen LogP contribution in [0.5, 0.6) is 0 Å². The van der Waals surface area contributed by atoms with Gasteiger partial charge in [-0.05, 0) is 11.1 Å². The molecule has 0 bridgehead atoms. The van der Waals surface area contributed by atoms with Crippen LogP contribution in [-0.4, -0.2) is 58.9 Å². The Morgan fingerprint density at radius 1 is 1.31 bits per heavy atom. The van der Waals surface area contributed by atoms with E-state index in [2.05, 4.69) is 5.32 Å². The number of carbonyl (C=O) groups excluding carboxylic acids is 2. The molecule has 0 aromatic heterocycles. The fraction of sp³-hybridized carbons (Fsp3) is 0.353. The Hall–Kier alpha value is -2.52. The summed E-state index contributed by atoms with van der Waals surface area (Å²) in [6.45, 7) is 0.232. The van der Waals surface area contributed by atoms with E-state index in [9.17, 15) is 19.5 Å². The molecule has 9 heteroatoms. The summed E-state index contributed by atoms with van der Waals surface area (Å²) in [5.41, 5.74) is 1.31. The number of rotatable bonds is 6. The molecule has 2 aliphatic heterocycles. The van der Waals surface area contributed by atoms with E-state index >= 15 is 0 Å². The van der Waals surface area contributed by atoms with Gasteiger partial charge in [-0.2, -0.15) is 0 Å². The Labute approximate surface area is 154 Å². The molecule has 2 aliphatic rings. The molecule has 0 radical (unpaired) electrons. The highest BCUT2D eigenvalue weighted by Crippen LogP contribution is 2.40. The highest BCUT2D eigenvalue weighted by Gasteiger charge is 2.54. The predicted molar refractivity (Wildman–Crippen MR) is 93.2 cm³/mol. The summed E-state index contributed by atoms with van der Waals surface area (Å²) in [6, 6.07) is 8.36. The molecule has 3 rings (SSSR count). The molecule has 1 unspecified atom stereocenters. The van der Waals surface area contributed by atoms with Crippen LogP contribution in [0.15, 0.2) is 41.6 Å². The van der Waals surface area contributed by atoms with E-state index in [-0.39, 0.29) is 18.9 Å². The lowest BCUT2D eigenvalue weighted by Crippen LogP contribution is -2.70. The molecule has 2 atom stereocenters. The van der Waals surface area contributed by atoms with Crippen molar-refractivity contribution >= 4 is 29.7 Å². The number of aliphatic carboxylic acids is 1. The number of alkyl carbamates (subject to hydrolysis) is 1. The average Bonchev–Trinajstić information content (AvgIpc) is 2.65. The zero-order chi connectivity index (χ0) is 18.7. The normalized spacial score (nSPS) is 21.7. The number of carboxylic acids is 1. The number of methoxy groups -OCH3 is 1. The first-order chi connectivity index (χ1) is 12.5. The van der Waals surface area contributed by atoms with E-state index in [4.69, 9.17) is 9.47 Å². The molecule has 2 heterocycles. The highest BCUT2D eigenvalue weighted by molar-refractivity contribution is 8.00. The van der Waals surface area contributed by atoms with Crippen LogP contribution in [0, 0.1) is 0 Å². The van der Waals surface area contributed by atoms with E-state index in [1.165, 1.54) is 23.8 Å². The van der Waals surface area contributed by atoms with Crippen LogP contribution < -0.4 is 5.32 Å². The molecule has 26 heavy (non-hydrogen) atoms. The van der Waals surface area contributed by atoms with Crippen molar-refractivity contribution in [3.63, 3.8) is 0 Å². The van der Waals surface area contributed by atoms with Gasteiger partial charge in [0.15, 0.2) is 0 Å². The zero-order valence-electron chi connectivity index (χ0n) is 14.0. The second kappa shape index (κ2) is 7.79. The predicted octanol–water partition coefficient (Wildman–Crippen LogP) is 1.18. The highest BCUT2D eigenvalue weighted by atomic mass is 32.2. The fourth-order valence-corrected chi connectivity index (χ4v) is 4.19. The summed E-state index contributed by atoms with van der Waals surface area (Å²) < 4.78 is 10.1. The number of nitrogens with zero attached hydrogens (tertiary/aromatic N) is 1. The summed E-state index contributed by atoms with van der Waals surface area (Å²) in [5.74, 6) is -1.23. The molecular formula is C17H18N2O6S. The first kappa shape index (κ1) is 18.3. The molecule has 0 aliphatic carbocycles. The van der Waals surface area contributed by atoms with Crippen LogP contribution in [0.1, 0.15) is 5.56 Å². The number of fused-ring (bicyclic) bond motifs is 1. The molecule has 138 valence electrons. The van der Waals surface area contributed by atoms with E-state index in [1.807, 2.05) is 30.3 Å². The van der Waals surface area contributed by atoms with Gasteiger partial charge in [0.25, 0.3) is 5.91 Å². The number of β-lactam (4-membered cyclic amide) rings is 1. The zero-order valence-corrected chi connectivity index (χ0v) is 14.8. The molecule has 0 spiro atoms. The van der Waals surface area contributed by atoms with Crippen LogP contribution >= 0.6 is 11.8 Å². The summed E-state index contributed by atoms with van der Waals surface area (Å²) in [5, 5.41) is 11.5. The third-order valence-corrected chi connectivity index (χ3v) is 5.39. The molecule has 1 saturated heterocycles. The standard InChI is InChI=1S/C17H18N2O6S/c1-24-8-11-9-26-15-12(14(20)19(15)13(11)16(21)22)18-17(23)25-7-10-5-3-2-4-6-10/h2-6,12,15H,7-9H2,1H3,(H,18,23)(H,21,22)/t12?,15-/m1/s1. The largest absolute Gasteiger partial charge is 0.477 e. The molecule has 8 nitrogen and oxygen atoms in total. The van der Waals surface area contributed by atoms with Crippen molar-refractivity contribution in [3.8, 4) is 0 Å². The monoisotopic (exact) mass is 378 g/mol. The molecule has 1 aromatic carbocycles. The van der Waals surface area contributed by atoms with Crippen LogP contribution in [-0.2, 0) is 25.7 Å². The van der Waals surface area contributed by atoms with Crippen molar-refractivity contribution in [2.45, 2.75) is 18.0 Å². The van der Waals surface area contributed by atoms with Gasteiger partial charge in [0, 0.05) is 12.9 Å². The van der Waals surface area contributed by atoms with E-state index < -0.39 is 29.4 Å². The SMILES string of the molecule is COCC1=C(C(=O)O)N2C(=O)C(NC(=O)OCc3ccccc3)[C@H]2SC1. The van der Waals surface area contributed by atoms with Crippen LogP contribution in [0.4, 0.5) is 4.79 Å². The summed E-state index contributed by atoms with van der Waals surface area (Å²) in [6.07, 6.45) is -0.712. The van der Waals surface area contributed by atoms with Crippen molar-refractivity contribution in [2.24, 2.45) is 0 Å². The molecule has 1 fully saturated rings. The quantitative estimate of drug-likeness (QED) is 0.716. The van der Waals surface area contributed by atoms with Crippen molar-refractivity contribution in [1.82, 2.24) is 10.2 Å². The lowest BCUT2D eigenvalue weighted by Gasteiger charge is -2.49. The first-order valence-corrected chi connectivity index (χ1v) is 8.94. The summed E-state index contributed by atoms with van der Waals surface area (Å²) in [7, 11) is 1.47. The van der Waals surface area contributed by atoms with Gasteiger partial charge in [0.1, 0.15) is 23.7 Å². The Bertz CT molecular complexity index is 751. The van der Waals surface area contributed by atoms with Gasteiger partial charge in [-0.1, -0.05) is 30.3 Å². The maximum atomic E-state index is 12.4. The van der Waals surface area contributed by atoms with Gasteiger partial charge in [-0.3, -0.25) is 9.69 Å². The number of carbonyl (C=O) groups is 3.